The molecule has 2 unspecified atom stereocenters. The first-order valence-corrected chi connectivity index (χ1v) is 6.49. The fourth-order valence-corrected chi connectivity index (χ4v) is 3.27. The molecule has 84 valence electrons. The highest BCUT2D eigenvalue weighted by Crippen LogP contribution is 2.11. The molecule has 0 aromatic heterocycles. The molecule has 0 spiro atoms. The third-order valence-electron chi connectivity index (χ3n) is 2.29. The van der Waals surface area contributed by atoms with Gasteiger partial charge in [0.2, 0.25) is 0 Å². The normalized spacial score (nSPS) is 31.1. The van der Waals surface area contributed by atoms with Crippen molar-refractivity contribution in [1.82, 2.24) is 10.2 Å². The van der Waals surface area contributed by atoms with Crippen LogP contribution in [-0.2, 0) is 9.84 Å². The van der Waals surface area contributed by atoms with Gasteiger partial charge in [0.25, 0.3) is 0 Å². The Hall–Kier alpha value is -0.170. The van der Waals surface area contributed by atoms with Gasteiger partial charge in [-0.3, -0.25) is 0 Å². The Morgan fingerprint density at radius 2 is 2.07 bits per heavy atom. The van der Waals surface area contributed by atoms with Gasteiger partial charge >= 0.3 is 0 Å². The maximum atomic E-state index is 11.1. The summed E-state index contributed by atoms with van der Waals surface area (Å²) in [7, 11) is 0.874. The van der Waals surface area contributed by atoms with E-state index in [0.717, 1.165) is 6.54 Å². The van der Waals surface area contributed by atoms with E-state index in [2.05, 4.69) is 5.32 Å². The maximum Gasteiger partial charge on any atom is 0.154 e. The van der Waals surface area contributed by atoms with Crippen LogP contribution in [0.1, 0.15) is 0 Å². The lowest BCUT2D eigenvalue weighted by atomic mass is 10.2. The van der Waals surface area contributed by atoms with Gasteiger partial charge in [-0.05, 0) is 14.1 Å². The van der Waals surface area contributed by atoms with Gasteiger partial charge in [0.15, 0.2) is 9.84 Å². The van der Waals surface area contributed by atoms with Crippen molar-refractivity contribution in [2.24, 2.45) is 0 Å². The summed E-state index contributed by atoms with van der Waals surface area (Å²) >= 11 is 0. The number of sulfone groups is 1. The molecule has 0 aromatic rings. The van der Waals surface area contributed by atoms with Gasteiger partial charge in [0.05, 0.1) is 17.6 Å². The Kier molecular flexibility index (Phi) is 3.88. The maximum absolute atomic E-state index is 11.1. The van der Waals surface area contributed by atoms with Crippen LogP contribution in [0.25, 0.3) is 0 Å². The number of rotatable bonds is 4. The molecule has 0 bridgehead atoms. The molecule has 5 nitrogen and oxygen atoms in total. The number of likely N-dealkylation sites (N-methyl/N-ethyl adjacent to an activating group) is 1. The average molecular weight is 222 g/mol. The van der Waals surface area contributed by atoms with E-state index >= 15 is 0 Å². The highest BCUT2D eigenvalue weighted by molar-refractivity contribution is 7.91. The van der Waals surface area contributed by atoms with Gasteiger partial charge in [-0.15, -0.1) is 0 Å². The largest absolute Gasteiger partial charge is 0.390 e. The zero-order chi connectivity index (χ0) is 10.8. The highest BCUT2D eigenvalue weighted by Gasteiger charge is 2.35. The molecule has 1 aliphatic heterocycles. The van der Waals surface area contributed by atoms with Gasteiger partial charge in [-0.1, -0.05) is 0 Å². The molecule has 0 amide bonds. The van der Waals surface area contributed by atoms with Crippen LogP contribution in [0.5, 0.6) is 0 Å². The monoisotopic (exact) mass is 222 g/mol. The zero-order valence-electron chi connectivity index (χ0n) is 8.60. The Bertz CT molecular complexity index is 276. The molecule has 1 rings (SSSR count). The van der Waals surface area contributed by atoms with Crippen LogP contribution in [0.2, 0.25) is 0 Å². The van der Waals surface area contributed by atoms with Gasteiger partial charge in [0.1, 0.15) is 0 Å². The molecule has 1 aliphatic rings. The predicted octanol–water partition coefficient (Wildman–Crippen LogP) is -1.70. The van der Waals surface area contributed by atoms with E-state index in [1.165, 1.54) is 0 Å². The second-order valence-electron chi connectivity index (χ2n) is 4.01. The molecule has 1 fully saturated rings. The molecule has 0 aromatic carbocycles. The van der Waals surface area contributed by atoms with E-state index in [9.17, 15) is 13.5 Å². The number of aliphatic hydroxyl groups is 1. The summed E-state index contributed by atoms with van der Waals surface area (Å²) in [4.78, 5) is 2.00. The van der Waals surface area contributed by atoms with Crippen LogP contribution in [0.4, 0.5) is 0 Å². The van der Waals surface area contributed by atoms with Crippen molar-refractivity contribution in [3.05, 3.63) is 0 Å². The number of nitrogens with zero attached hydrogens (tertiary/aromatic N) is 1. The van der Waals surface area contributed by atoms with Gasteiger partial charge in [0, 0.05) is 19.1 Å². The molecule has 0 radical (unpaired) electrons. The molecule has 1 saturated heterocycles. The average Bonchev–Trinajstić information content (AvgIpc) is 2.24. The van der Waals surface area contributed by atoms with Crippen molar-refractivity contribution in [3.8, 4) is 0 Å². The topological polar surface area (TPSA) is 69.6 Å². The first kappa shape index (κ1) is 11.9. The van der Waals surface area contributed by atoms with Crippen molar-refractivity contribution in [3.63, 3.8) is 0 Å². The predicted molar refractivity (Wildman–Crippen MR) is 55.0 cm³/mol. The van der Waals surface area contributed by atoms with Crippen LogP contribution < -0.4 is 5.32 Å². The third-order valence-corrected chi connectivity index (χ3v) is 4.00. The smallest absolute Gasteiger partial charge is 0.154 e. The Morgan fingerprint density at radius 3 is 2.50 bits per heavy atom. The fourth-order valence-electron chi connectivity index (χ4n) is 1.50. The molecular formula is C8H18N2O3S. The minimum Gasteiger partial charge on any atom is -0.390 e. The number of hydrogen-bond donors (Lipinski definition) is 2. The number of hydrogen-bond acceptors (Lipinski definition) is 5. The minimum atomic E-state index is -3.02. The van der Waals surface area contributed by atoms with E-state index in [1.54, 1.807) is 0 Å². The molecule has 1 heterocycles. The van der Waals surface area contributed by atoms with Crippen molar-refractivity contribution in [2.75, 3.05) is 38.7 Å². The minimum absolute atomic E-state index is 0.0571. The van der Waals surface area contributed by atoms with E-state index in [1.807, 2.05) is 19.0 Å². The molecule has 0 aliphatic carbocycles. The molecule has 6 heteroatoms. The third kappa shape index (κ3) is 3.53. The fraction of sp³-hybridized carbons (Fsp3) is 1.00. The van der Waals surface area contributed by atoms with E-state index in [-0.39, 0.29) is 17.5 Å². The van der Waals surface area contributed by atoms with Crippen LogP contribution in [0.3, 0.4) is 0 Å². The van der Waals surface area contributed by atoms with Crippen LogP contribution in [0, 0.1) is 0 Å². The van der Waals surface area contributed by atoms with Crippen LogP contribution in [0.15, 0.2) is 0 Å². The lowest BCUT2D eigenvalue weighted by Crippen LogP contribution is -2.41. The Balaban J connectivity index is 2.33. The quantitative estimate of drug-likeness (QED) is 0.593. The van der Waals surface area contributed by atoms with E-state index in [4.69, 9.17) is 0 Å². The van der Waals surface area contributed by atoms with Crippen LogP contribution in [-0.4, -0.2) is 69.3 Å². The number of nitrogens with one attached hydrogen (secondary N) is 1. The second-order valence-corrected chi connectivity index (χ2v) is 6.16. The first-order chi connectivity index (χ1) is 6.41. The molecule has 14 heavy (non-hydrogen) atoms. The molecule has 2 N–H and O–H groups in total. The summed E-state index contributed by atoms with van der Waals surface area (Å²) < 4.78 is 22.3. The highest BCUT2D eigenvalue weighted by atomic mass is 32.2. The number of aliphatic hydroxyl groups excluding tert-OH is 1. The summed E-state index contributed by atoms with van der Waals surface area (Å²) in [5.74, 6) is -0.0474. The van der Waals surface area contributed by atoms with Crippen molar-refractivity contribution in [1.29, 1.82) is 0 Å². The standard InChI is InChI=1S/C8H18N2O3S/c1-10(2)4-3-9-7-5-14(12,13)6-8(7)11/h7-9,11H,3-6H2,1-2H3. The van der Waals surface area contributed by atoms with Crippen LogP contribution >= 0.6 is 0 Å². The molecule has 0 saturated carbocycles. The molecular weight excluding hydrogens is 204 g/mol. The second kappa shape index (κ2) is 4.57. The summed E-state index contributed by atoms with van der Waals surface area (Å²) in [5.41, 5.74) is 0. The Labute approximate surface area is 85.0 Å². The van der Waals surface area contributed by atoms with E-state index in [0.29, 0.717) is 6.54 Å². The van der Waals surface area contributed by atoms with Crippen molar-refractivity contribution in [2.45, 2.75) is 12.1 Å². The van der Waals surface area contributed by atoms with Crippen molar-refractivity contribution >= 4 is 9.84 Å². The van der Waals surface area contributed by atoms with E-state index < -0.39 is 15.9 Å². The SMILES string of the molecule is CN(C)CCNC1CS(=O)(=O)CC1O. The lowest BCUT2D eigenvalue weighted by molar-refractivity contribution is 0.164. The lowest BCUT2D eigenvalue weighted by Gasteiger charge is -2.16. The van der Waals surface area contributed by atoms with Gasteiger partial charge in [-0.25, -0.2) is 8.42 Å². The Morgan fingerprint density at radius 1 is 1.43 bits per heavy atom. The van der Waals surface area contributed by atoms with Gasteiger partial charge < -0.3 is 15.3 Å². The summed E-state index contributed by atoms with van der Waals surface area (Å²) in [6.07, 6.45) is -0.748. The summed E-state index contributed by atoms with van der Waals surface area (Å²) in [5, 5.41) is 12.5. The van der Waals surface area contributed by atoms with Crippen molar-refractivity contribution < 1.29 is 13.5 Å². The first-order valence-electron chi connectivity index (χ1n) is 4.67. The summed E-state index contributed by atoms with van der Waals surface area (Å²) in [6, 6.07) is -0.292. The van der Waals surface area contributed by atoms with Gasteiger partial charge in [-0.2, -0.15) is 0 Å². The summed E-state index contributed by atoms with van der Waals surface area (Å²) in [6.45, 7) is 1.54. The zero-order valence-corrected chi connectivity index (χ0v) is 9.42. The molecule has 2 atom stereocenters.